The van der Waals surface area contributed by atoms with Crippen LogP contribution in [0.4, 0.5) is 0 Å². The predicted octanol–water partition coefficient (Wildman–Crippen LogP) is 4.48. The Morgan fingerprint density at radius 3 is 2.09 bits per heavy atom. The summed E-state index contributed by atoms with van der Waals surface area (Å²) >= 11 is 11.9. The van der Waals surface area contributed by atoms with Crippen LogP contribution in [0, 0.1) is 0 Å². The van der Waals surface area contributed by atoms with Gasteiger partial charge in [0, 0.05) is 29.7 Å². The maximum absolute atomic E-state index is 13.5. The molecule has 0 unspecified atom stereocenters. The SMILES string of the molecule is CC[C@H](C(=O)NC1CCCC1)N(Cc1ccc(Cl)cc1)C(=O)CN(C)S(=O)(=O)c1ccc(Cl)cc1. The molecule has 0 bridgehead atoms. The van der Waals surface area contributed by atoms with Gasteiger partial charge < -0.3 is 10.2 Å². The van der Waals surface area contributed by atoms with E-state index in [1.807, 2.05) is 6.92 Å². The van der Waals surface area contributed by atoms with Gasteiger partial charge >= 0.3 is 0 Å². The lowest BCUT2D eigenvalue weighted by molar-refractivity contribution is -0.141. The van der Waals surface area contributed by atoms with Crippen molar-refractivity contribution < 1.29 is 18.0 Å². The van der Waals surface area contributed by atoms with E-state index in [-0.39, 0.29) is 23.4 Å². The Labute approximate surface area is 217 Å². The van der Waals surface area contributed by atoms with E-state index in [4.69, 9.17) is 23.2 Å². The molecule has 0 spiro atoms. The van der Waals surface area contributed by atoms with E-state index in [1.165, 1.54) is 36.2 Å². The second-order valence-electron chi connectivity index (χ2n) is 8.78. The molecule has 0 aromatic heterocycles. The van der Waals surface area contributed by atoms with Crippen LogP contribution in [0.5, 0.6) is 0 Å². The topological polar surface area (TPSA) is 86.8 Å². The van der Waals surface area contributed by atoms with E-state index in [1.54, 1.807) is 24.3 Å². The quantitative estimate of drug-likeness (QED) is 0.482. The Morgan fingerprint density at radius 2 is 1.54 bits per heavy atom. The fourth-order valence-corrected chi connectivity index (χ4v) is 5.60. The second kappa shape index (κ2) is 12.2. The molecule has 1 fully saturated rings. The predicted molar refractivity (Wildman–Crippen MR) is 138 cm³/mol. The first-order valence-electron chi connectivity index (χ1n) is 11.7. The van der Waals surface area contributed by atoms with Crippen molar-refractivity contribution in [3.8, 4) is 0 Å². The van der Waals surface area contributed by atoms with E-state index in [9.17, 15) is 18.0 Å². The minimum atomic E-state index is -3.92. The molecule has 2 amide bonds. The van der Waals surface area contributed by atoms with Crippen LogP contribution in [0.3, 0.4) is 0 Å². The highest BCUT2D eigenvalue weighted by Gasteiger charge is 2.33. The average Bonchev–Trinajstić information content (AvgIpc) is 3.33. The highest BCUT2D eigenvalue weighted by molar-refractivity contribution is 7.89. The molecule has 0 aliphatic heterocycles. The zero-order valence-electron chi connectivity index (χ0n) is 19.9. The van der Waals surface area contributed by atoms with Crippen molar-refractivity contribution in [2.75, 3.05) is 13.6 Å². The molecule has 0 radical (unpaired) electrons. The Kier molecular flexibility index (Phi) is 9.58. The van der Waals surface area contributed by atoms with Crippen molar-refractivity contribution >= 4 is 45.0 Å². The smallest absolute Gasteiger partial charge is 0.243 e. The highest BCUT2D eigenvalue weighted by Crippen LogP contribution is 2.21. The third-order valence-corrected chi connectivity index (χ3v) is 8.55. The molecular formula is C25H31Cl2N3O4S. The van der Waals surface area contributed by atoms with E-state index >= 15 is 0 Å². The number of amides is 2. The van der Waals surface area contributed by atoms with Crippen molar-refractivity contribution in [2.45, 2.75) is 62.6 Å². The molecule has 2 aromatic rings. The van der Waals surface area contributed by atoms with Crippen molar-refractivity contribution in [1.29, 1.82) is 0 Å². The van der Waals surface area contributed by atoms with Crippen LogP contribution in [0.2, 0.25) is 10.0 Å². The van der Waals surface area contributed by atoms with Gasteiger partial charge in [0.25, 0.3) is 0 Å². The summed E-state index contributed by atoms with van der Waals surface area (Å²) in [5, 5.41) is 4.05. The Hall–Kier alpha value is -2.13. The summed E-state index contributed by atoms with van der Waals surface area (Å²) in [4.78, 5) is 28.2. The average molecular weight is 541 g/mol. The number of carbonyl (C=O) groups is 2. The fraction of sp³-hybridized carbons (Fsp3) is 0.440. The number of halogens is 2. The van der Waals surface area contributed by atoms with Gasteiger partial charge in [-0.1, -0.05) is 55.1 Å². The minimum Gasteiger partial charge on any atom is -0.352 e. The van der Waals surface area contributed by atoms with Crippen molar-refractivity contribution in [2.24, 2.45) is 0 Å². The zero-order valence-corrected chi connectivity index (χ0v) is 22.2. The fourth-order valence-electron chi connectivity index (χ4n) is 4.23. The molecule has 35 heavy (non-hydrogen) atoms. The molecule has 1 atom stereocenters. The van der Waals surface area contributed by atoms with Crippen molar-refractivity contribution in [3.63, 3.8) is 0 Å². The van der Waals surface area contributed by atoms with Crippen molar-refractivity contribution in [1.82, 2.24) is 14.5 Å². The summed E-state index contributed by atoms with van der Waals surface area (Å²) in [5.41, 5.74) is 0.790. The normalized spacial score (nSPS) is 15.2. The lowest BCUT2D eigenvalue weighted by Crippen LogP contribution is -2.53. The standard InChI is InChI=1S/C25H31Cl2N3O4S/c1-3-23(25(32)28-21-6-4-5-7-21)30(16-18-8-10-19(26)11-9-18)24(31)17-29(2)35(33,34)22-14-12-20(27)13-15-22/h8-15,21,23H,3-7,16-17H2,1-2H3,(H,28,32)/t23-/m1/s1. The molecule has 7 nitrogen and oxygen atoms in total. The van der Waals surface area contributed by atoms with Gasteiger partial charge in [-0.05, 0) is 61.2 Å². The van der Waals surface area contributed by atoms with Gasteiger partial charge in [0.05, 0.1) is 11.4 Å². The van der Waals surface area contributed by atoms with Crippen LogP contribution in [0.1, 0.15) is 44.6 Å². The first kappa shape index (κ1) is 27.5. The molecule has 1 aliphatic rings. The molecule has 0 heterocycles. The number of hydrogen-bond acceptors (Lipinski definition) is 4. The monoisotopic (exact) mass is 539 g/mol. The summed E-state index contributed by atoms with van der Waals surface area (Å²) < 4.78 is 27.0. The van der Waals surface area contributed by atoms with Gasteiger partial charge in [0.1, 0.15) is 6.04 Å². The van der Waals surface area contributed by atoms with E-state index < -0.39 is 28.5 Å². The minimum absolute atomic E-state index is 0.0347. The lowest BCUT2D eigenvalue weighted by Gasteiger charge is -2.32. The van der Waals surface area contributed by atoms with Crippen LogP contribution in [-0.2, 0) is 26.2 Å². The largest absolute Gasteiger partial charge is 0.352 e. The Balaban J connectivity index is 1.83. The molecule has 1 aliphatic carbocycles. The summed E-state index contributed by atoms with van der Waals surface area (Å²) in [5.74, 6) is -0.682. The number of rotatable bonds is 10. The van der Waals surface area contributed by atoms with Crippen LogP contribution in [0.15, 0.2) is 53.4 Å². The molecule has 1 saturated carbocycles. The van der Waals surface area contributed by atoms with Gasteiger partial charge in [-0.25, -0.2) is 8.42 Å². The Morgan fingerprint density at radius 1 is 1.00 bits per heavy atom. The van der Waals surface area contributed by atoms with E-state index in [0.717, 1.165) is 35.6 Å². The van der Waals surface area contributed by atoms with Gasteiger partial charge in [-0.15, -0.1) is 0 Å². The van der Waals surface area contributed by atoms with Crippen molar-refractivity contribution in [3.05, 3.63) is 64.1 Å². The third-order valence-electron chi connectivity index (χ3n) is 6.23. The zero-order chi connectivity index (χ0) is 25.6. The molecule has 10 heteroatoms. The first-order chi connectivity index (χ1) is 16.6. The molecule has 2 aromatic carbocycles. The molecule has 0 saturated heterocycles. The number of benzene rings is 2. The first-order valence-corrected chi connectivity index (χ1v) is 13.9. The van der Waals surface area contributed by atoms with Gasteiger partial charge in [-0.2, -0.15) is 4.31 Å². The highest BCUT2D eigenvalue weighted by atomic mass is 35.5. The van der Waals surface area contributed by atoms with Gasteiger partial charge in [0.15, 0.2) is 0 Å². The Bertz CT molecular complexity index is 1120. The second-order valence-corrected chi connectivity index (χ2v) is 11.7. The van der Waals surface area contributed by atoms with Gasteiger partial charge in [-0.3, -0.25) is 9.59 Å². The number of sulfonamides is 1. The molecule has 190 valence electrons. The van der Waals surface area contributed by atoms with Crippen LogP contribution >= 0.6 is 23.2 Å². The van der Waals surface area contributed by atoms with Crippen LogP contribution in [0.25, 0.3) is 0 Å². The number of likely N-dealkylation sites (N-methyl/N-ethyl adjacent to an activating group) is 1. The summed E-state index contributed by atoms with van der Waals surface area (Å²) in [6.07, 6.45) is 4.39. The summed E-state index contributed by atoms with van der Waals surface area (Å²) in [6.45, 7) is 1.59. The maximum atomic E-state index is 13.5. The van der Waals surface area contributed by atoms with E-state index in [0.29, 0.717) is 16.5 Å². The lowest BCUT2D eigenvalue weighted by atomic mass is 10.1. The molecular weight excluding hydrogens is 509 g/mol. The summed E-state index contributed by atoms with van der Waals surface area (Å²) in [7, 11) is -2.58. The number of carbonyl (C=O) groups excluding carboxylic acids is 2. The summed E-state index contributed by atoms with van der Waals surface area (Å²) in [6, 6.07) is 12.2. The maximum Gasteiger partial charge on any atom is 0.243 e. The number of hydrogen-bond donors (Lipinski definition) is 1. The van der Waals surface area contributed by atoms with Crippen LogP contribution in [-0.4, -0.2) is 55.1 Å². The number of nitrogens with one attached hydrogen (secondary N) is 1. The molecule has 1 N–H and O–H groups in total. The third kappa shape index (κ3) is 7.19. The van der Waals surface area contributed by atoms with E-state index in [2.05, 4.69) is 5.32 Å². The molecule has 3 rings (SSSR count). The van der Waals surface area contributed by atoms with Gasteiger partial charge in [0.2, 0.25) is 21.8 Å². The van der Waals surface area contributed by atoms with Crippen LogP contribution < -0.4 is 5.32 Å². The number of nitrogens with zero attached hydrogens (tertiary/aromatic N) is 2.